The number of aromatic nitrogens is 3. The molecule has 0 spiro atoms. The minimum Gasteiger partial charge on any atom is -0.392 e. The molecule has 2 aromatic heterocycles. The minimum absolute atomic E-state index is 0.0628. The van der Waals surface area contributed by atoms with Crippen LogP contribution in [0, 0.1) is 0 Å². The van der Waals surface area contributed by atoms with Crippen LogP contribution in [-0.2, 0) is 6.61 Å². The molecule has 0 bridgehead atoms. The van der Waals surface area contributed by atoms with E-state index in [2.05, 4.69) is 10.1 Å². The molecule has 84 valence electrons. The number of hydrogen-bond acceptors (Lipinski definition) is 3. The average Bonchev–Trinajstić information content (AvgIpc) is 2.83. The fourth-order valence-corrected chi connectivity index (χ4v) is 1.82. The summed E-state index contributed by atoms with van der Waals surface area (Å²) in [7, 11) is 0. The first kappa shape index (κ1) is 9.99. The summed E-state index contributed by atoms with van der Waals surface area (Å²) in [6, 6.07) is 9.59. The van der Waals surface area contributed by atoms with Crippen molar-refractivity contribution in [3.63, 3.8) is 0 Å². The van der Waals surface area contributed by atoms with Crippen LogP contribution in [0.3, 0.4) is 0 Å². The summed E-state index contributed by atoms with van der Waals surface area (Å²) in [6.45, 7) is 0.0628. The molecule has 0 amide bonds. The molecule has 3 rings (SSSR count). The van der Waals surface area contributed by atoms with Crippen molar-refractivity contribution in [1.29, 1.82) is 0 Å². The maximum Gasteiger partial charge on any atom is 0.162 e. The van der Waals surface area contributed by atoms with Crippen molar-refractivity contribution in [2.24, 2.45) is 0 Å². The molecule has 0 saturated heterocycles. The van der Waals surface area contributed by atoms with Crippen molar-refractivity contribution < 1.29 is 5.11 Å². The van der Waals surface area contributed by atoms with Gasteiger partial charge in [-0.15, -0.1) is 0 Å². The molecule has 3 aromatic rings. The summed E-state index contributed by atoms with van der Waals surface area (Å²) in [5, 5.41) is 13.2. The van der Waals surface area contributed by atoms with E-state index < -0.39 is 0 Å². The highest BCUT2D eigenvalue weighted by molar-refractivity contribution is 5.76. The molecule has 2 heterocycles. The van der Waals surface area contributed by atoms with Gasteiger partial charge in [0.15, 0.2) is 5.65 Å². The van der Waals surface area contributed by atoms with Gasteiger partial charge in [0.05, 0.1) is 12.8 Å². The molecular weight excluding hydrogens is 214 g/mol. The highest BCUT2D eigenvalue weighted by Gasteiger charge is 2.06. The Morgan fingerprint density at radius 1 is 1.18 bits per heavy atom. The average molecular weight is 225 g/mol. The van der Waals surface area contributed by atoms with Crippen LogP contribution in [0.1, 0.15) is 5.56 Å². The number of aliphatic hydroxyl groups excluding tert-OH is 1. The number of rotatable bonds is 2. The lowest BCUT2D eigenvalue weighted by Crippen LogP contribution is -1.88. The molecule has 0 saturated carbocycles. The van der Waals surface area contributed by atoms with Gasteiger partial charge in [-0.3, -0.25) is 0 Å². The van der Waals surface area contributed by atoms with Crippen LogP contribution in [0.5, 0.6) is 0 Å². The normalized spacial score (nSPS) is 10.9. The monoisotopic (exact) mass is 225 g/mol. The number of nitrogens with zero attached hydrogens (tertiary/aromatic N) is 3. The van der Waals surface area contributed by atoms with Gasteiger partial charge in [0.2, 0.25) is 0 Å². The Labute approximate surface area is 98.2 Å². The Kier molecular flexibility index (Phi) is 2.34. The fraction of sp³-hybridized carbons (Fsp3) is 0.0769. The number of benzene rings is 1. The first-order valence-electron chi connectivity index (χ1n) is 5.37. The van der Waals surface area contributed by atoms with Gasteiger partial charge < -0.3 is 5.11 Å². The standard InChI is InChI=1S/C13H11N3O/c17-9-10-2-4-11(5-3-10)12-8-15-16-7-1-6-14-13(12)16/h1-8,17H,9H2. The predicted octanol–water partition coefficient (Wildman–Crippen LogP) is 1.89. The summed E-state index contributed by atoms with van der Waals surface area (Å²) >= 11 is 0. The summed E-state index contributed by atoms with van der Waals surface area (Å²) in [4.78, 5) is 4.31. The summed E-state index contributed by atoms with van der Waals surface area (Å²) in [6.07, 6.45) is 5.42. The van der Waals surface area contributed by atoms with Crippen molar-refractivity contribution in [2.75, 3.05) is 0 Å². The molecule has 17 heavy (non-hydrogen) atoms. The van der Waals surface area contributed by atoms with Crippen LogP contribution < -0.4 is 0 Å². The largest absolute Gasteiger partial charge is 0.392 e. The highest BCUT2D eigenvalue weighted by Crippen LogP contribution is 2.23. The number of fused-ring (bicyclic) bond motifs is 1. The number of hydrogen-bond donors (Lipinski definition) is 1. The molecule has 1 aromatic carbocycles. The molecule has 0 aliphatic carbocycles. The summed E-state index contributed by atoms with van der Waals surface area (Å²) < 4.78 is 1.75. The van der Waals surface area contributed by atoms with Gasteiger partial charge >= 0.3 is 0 Å². The van der Waals surface area contributed by atoms with Crippen LogP contribution in [0.4, 0.5) is 0 Å². The zero-order valence-corrected chi connectivity index (χ0v) is 9.11. The zero-order valence-electron chi connectivity index (χ0n) is 9.11. The van der Waals surface area contributed by atoms with Crippen LogP contribution in [0.15, 0.2) is 48.9 Å². The predicted molar refractivity (Wildman–Crippen MR) is 64.3 cm³/mol. The molecule has 0 fully saturated rings. The van der Waals surface area contributed by atoms with E-state index >= 15 is 0 Å². The highest BCUT2D eigenvalue weighted by atomic mass is 16.3. The minimum atomic E-state index is 0.0628. The third-order valence-electron chi connectivity index (χ3n) is 2.73. The van der Waals surface area contributed by atoms with Gasteiger partial charge in [-0.25, -0.2) is 9.50 Å². The lowest BCUT2D eigenvalue weighted by molar-refractivity contribution is 0.282. The van der Waals surface area contributed by atoms with E-state index in [-0.39, 0.29) is 6.61 Å². The summed E-state index contributed by atoms with van der Waals surface area (Å²) in [5.41, 5.74) is 3.79. The van der Waals surface area contributed by atoms with Crippen molar-refractivity contribution in [1.82, 2.24) is 14.6 Å². The maximum absolute atomic E-state index is 9.00. The van der Waals surface area contributed by atoms with Crippen molar-refractivity contribution >= 4 is 5.65 Å². The quantitative estimate of drug-likeness (QED) is 0.724. The van der Waals surface area contributed by atoms with Gasteiger partial charge in [-0.05, 0) is 17.2 Å². The third-order valence-corrected chi connectivity index (χ3v) is 2.73. The Hall–Kier alpha value is -2.20. The van der Waals surface area contributed by atoms with Crippen molar-refractivity contribution in [3.05, 3.63) is 54.5 Å². The van der Waals surface area contributed by atoms with E-state index in [1.807, 2.05) is 36.5 Å². The van der Waals surface area contributed by atoms with Crippen LogP contribution in [0.2, 0.25) is 0 Å². The Morgan fingerprint density at radius 2 is 2.00 bits per heavy atom. The second-order valence-corrected chi connectivity index (χ2v) is 3.80. The molecular formula is C13H11N3O. The topological polar surface area (TPSA) is 50.4 Å². The lowest BCUT2D eigenvalue weighted by Gasteiger charge is -2.00. The Morgan fingerprint density at radius 3 is 2.76 bits per heavy atom. The Bertz CT molecular complexity index is 643. The molecule has 0 aliphatic heterocycles. The maximum atomic E-state index is 9.00. The first-order valence-corrected chi connectivity index (χ1v) is 5.37. The second kappa shape index (κ2) is 3.99. The number of aliphatic hydroxyl groups is 1. The molecule has 0 unspecified atom stereocenters. The first-order chi connectivity index (χ1) is 8.38. The van der Waals surface area contributed by atoms with Gasteiger partial charge in [0.1, 0.15) is 0 Å². The van der Waals surface area contributed by atoms with E-state index in [0.717, 1.165) is 22.3 Å². The fourth-order valence-electron chi connectivity index (χ4n) is 1.82. The molecule has 0 atom stereocenters. The second-order valence-electron chi connectivity index (χ2n) is 3.80. The van der Waals surface area contributed by atoms with E-state index in [0.29, 0.717) is 0 Å². The SMILES string of the molecule is OCc1ccc(-c2cnn3cccnc23)cc1. The molecule has 0 aliphatic rings. The van der Waals surface area contributed by atoms with E-state index in [1.54, 1.807) is 16.9 Å². The smallest absolute Gasteiger partial charge is 0.162 e. The van der Waals surface area contributed by atoms with Crippen molar-refractivity contribution in [2.45, 2.75) is 6.61 Å². The van der Waals surface area contributed by atoms with E-state index in [1.165, 1.54) is 0 Å². The molecule has 1 N–H and O–H groups in total. The van der Waals surface area contributed by atoms with Gasteiger partial charge in [-0.1, -0.05) is 24.3 Å². The molecule has 4 heteroatoms. The third kappa shape index (κ3) is 1.68. The van der Waals surface area contributed by atoms with E-state index in [9.17, 15) is 0 Å². The van der Waals surface area contributed by atoms with Gasteiger partial charge in [0.25, 0.3) is 0 Å². The lowest BCUT2D eigenvalue weighted by atomic mass is 10.1. The molecule has 0 radical (unpaired) electrons. The zero-order chi connectivity index (χ0) is 11.7. The van der Waals surface area contributed by atoms with Crippen LogP contribution in [0.25, 0.3) is 16.8 Å². The molecule has 4 nitrogen and oxygen atoms in total. The van der Waals surface area contributed by atoms with Crippen LogP contribution >= 0.6 is 0 Å². The van der Waals surface area contributed by atoms with Crippen molar-refractivity contribution in [3.8, 4) is 11.1 Å². The van der Waals surface area contributed by atoms with E-state index in [4.69, 9.17) is 5.11 Å². The van der Waals surface area contributed by atoms with Crippen LogP contribution in [-0.4, -0.2) is 19.7 Å². The van der Waals surface area contributed by atoms with Gasteiger partial charge in [0, 0.05) is 18.0 Å². The van der Waals surface area contributed by atoms with Gasteiger partial charge in [-0.2, -0.15) is 5.10 Å². The summed E-state index contributed by atoms with van der Waals surface area (Å²) in [5.74, 6) is 0. The Balaban J connectivity index is 2.13.